The molecule has 39 heavy (non-hydrogen) atoms. The average Bonchev–Trinajstić information content (AvgIpc) is 3.29. The van der Waals surface area contributed by atoms with Gasteiger partial charge in [-0.15, -0.1) is 0 Å². The van der Waals surface area contributed by atoms with Crippen LogP contribution in [0.2, 0.25) is 0 Å². The molecule has 0 unspecified atom stereocenters. The molecule has 4 N–H and O–H groups in total. The standard InChI is InChI=1S/C28H33N5O6/c1-5-33-15-19(20-9-7-8-10-21(20)33)14-29-32-24(34)16-39-22-12-11-18(13-23(22)38-6-2)26-25(27(35)37-4)17(3)30-28(36)31-26/h7-15,24,26,32,34H,5-6,16H2,1-4H3,(H2,30,31,36)/b29-14+/t24-,26+/m0/s1. The van der Waals surface area contributed by atoms with Gasteiger partial charge in [0.25, 0.3) is 0 Å². The van der Waals surface area contributed by atoms with Gasteiger partial charge >= 0.3 is 12.0 Å². The van der Waals surface area contributed by atoms with Gasteiger partial charge in [0.2, 0.25) is 0 Å². The van der Waals surface area contributed by atoms with Crippen LogP contribution < -0.4 is 25.5 Å². The number of aryl methyl sites for hydroxylation is 1. The lowest BCUT2D eigenvalue weighted by atomic mass is 9.95. The van der Waals surface area contributed by atoms with Gasteiger partial charge in [-0.1, -0.05) is 24.3 Å². The molecule has 0 aliphatic carbocycles. The van der Waals surface area contributed by atoms with Gasteiger partial charge in [-0.05, 0) is 44.5 Å². The van der Waals surface area contributed by atoms with Crippen molar-refractivity contribution in [3.05, 3.63) is 71.1 Å². The topological polar surface area (TPSA) is 135 Å². The Hall–Kier alpha value is -4.51. The van der Waals surface area contributed by atoms with E-state index in [-0.39, 0.29) is 12.2 Å². The Morgan fingerprint density at radius 2 is 2.00 bits per heavy atom. The van der Waals surface area contributed by atoms with Gasteiger partial charge in [0.15, 0.2) is 17.7 Å². The number of aromatic nitrogens is 1. The third kappa shape index (κ3) is 6.15. The van der Waals surface area contributed by atoms with Crippen molar-refractivity contribution in [3.8, 4) is 11.5 Å². The second-order valence-corrected chi connectivity index (χ2v) is 8.80. The number of carbonyl (C=O) groups excluding carboxylic acids is 2. The fourth-order valence-electron chi connectivity index (χ4n) is 4.45. The number of aliphatic hydroxyl groups excluding tert-OH is 1. The van der Waals surface area contributed by atoms with Crippen LogP contribution in [0, 0.1) is 0 Å². The first-order chi connectivity index (χ1) is 18.9. The van der Waals surface area contributed by atoms with E-state index in [0.717, 1.165) is 23.0 Å². The molecule has 0 bridgehead atoms. The van der Waals surface area contributed by atoms with Crippen LogP contribution in [0.3, 0.4) is 0 Å². The molecule has 0 saturated carbocycles. The van der Waals surface area contributed by atoms with Crippen molar-refractivity contribution in [1.82, 2.24) is 20.6 Å². The molecule has 1 aliphatic heterocycles. The van der Waals surface area contributed by atoms with E-state index in [4.69, 9.17) is 14.2 Å². The molecule has 11 heteroatoms. The van der Waals surface area contributed by atoms with Crippen LogP contribution >= 0.6 is 0 Å². The summed E-state index contributed by atoms with van der Waals surface area (Å²) in [4.78, 5) is 24.5. The van der Waals surface area contributed by atoms with E-state index in [1.165, 1.54) is 7.11 Å². The first kappa shape index (κ1) is 27.5. The highest BCUT2D eigenvalue weighted by atomic mass is 16.5. The zero-order valence-electron chi connectivity index (χ0n) is 22.4. The third-order valence-corrected chi connectivity index (χ3v) is 6.26. The molecule has 0 radical (unpaired) electrons. The summed E-state index contributed by atoms with van der Waals surface area (Å²) in [5, 5.41) is 21.0. The number of rotatable bonds is 11. The maximum absolute atomic E-state index is 12.4. The molecular weight excluding hydrogens is 502 g/mol. The molecule has 0 fully saturated rings. The highest BCUT2D eigenvalue weighted by Gasteiger charge is 2.32. The van der Waals surface area contributed by atoms with Crippen molar-refractivity contribution in [2.45, 2.75) is 39.6 Å². The van der Waals surface area contributed by atoms with Gasteiger partial charge in [-0.3, -0.25) is 5.43 Å². The van der Waals surface area contributed by atoms with Gasteiger partial charge in [0, 0.05) is 34.9 Å². The number of hydrogen-bond donors (Lipinski definition) is 4. The van der Waals surface area contributed by atoms with Crippen LogP contribution in [-0.4, -0.2) is 54.4 Å². The molecule has 0 spiro atoms. The van der Waals surface area contributed by atoms with E-state index in [9.17, 15) is 14.7 Å². The average molecular weight is 536 g/mol. The number of para-hydroxylation sites is 1. The SMILES string of the molecule is CCOc1cc([C@H]2NC(=O)NC(C)=C2C(=O)OC)ccc1OC[C@H](O)N/N=C/c1cn(CC)c2ccccc12. The third-order valence-electron chi connectivity index (χ3n) is 6.26. The normalized spacial score (nSPS) is 16.1. The Morgan fingerprint density at radius 1 is 1.21 bits per heavy atom. The monoisotopic (exact) mass is 535 g/mol. The van der Waals surface area contributed by atoms with E-state index in [2.05, 4.69) is 38.7 Å². The van der Waals surface area contributed by atoms with Gasteiger partial charge in [0.1, 0.15) is 6.61 Å². The van der Waals surface area contributed by atoms with Crippen molar-refractivity contribution in [1.29, 1.82) is 0 Å². The number of nitrogens with one attached hydrogen (secondary N) is 3. The van der Waals surface area contributed by atoms with E-state index >= 15 is 0 Å². The molecule has 0 saturated heterocycles. The molecular formula is C28H33N5O6. The maximum Gasteiger partial charge on any atom is 0.337 e. The van der Waals surface area contributed by atoms with E-state index in [1.54, 1.807) is 31.3 Å². The molecule has 206 valence electrons. The number of fused-ring (bicyclic) bond motifs is 1. The molecule has 3 aromatic rings. The number of nitrogens with zero attached hydrogens (tertiary/aromatic N) is 2. The molecule has 4 rings (SSSR count). The number of allylic oxidation sites excluding steroid dienone is 1. The number of benzene rings is 2. The number of esters is 1. The van der Waals surface area contributed by atoms with Gasteiger partial charge in [-0.25, -0.2) is 9.59 Å². The highest BCUT2D eigenvalue weighted by molar-refractivity contribution is 5.99. The Balaban J connectivity index is 1.45. The summed E-state index contributed by atoms with van der Waals surface area (Å²) in [7, 11) is 1.28. The maximum atomic E-state index is 12.4. The number of hydrazone groups is 1. The zero-order valence-corrected chi connectivity index (χ0v) is 22.4. The number of amides is 2. The molecule has 11 nitrogen and oxygen atoms in total. The van der Waals surface area contributed by atoms with Crippen molar-refractivity contribution in [2.24, 2.45) is 5.10 Å². The number of urea groups is 1. The van der Waals surface area contributed by atoms with Crippen LogP contribution in [0.5, 0.6) is 11.5 Å². The Bertz CT molecular complexity index is 1410. The van der Waals surface area contributed by atoms with Crippen molar-refractivity contribution >= 4 is 29.1 Å². The van der Waals surface area contributed by atoms with Crippen molar-refractivity contribution < 1.29 is 28.9 Å². The highest BCUT2D eigenvalue weighted by Crippen LogP contribution is 2.35. The number of hydrogen-bond acceptors (Lipinski definition) is 8. The fraction of sp³-hybridized carbons (Fsp3) is 0.321. The quantitative estimate of drug-likeness (QED) is 0.128. The second-order valence-electron chi connectivity index (χ2n) is 8.80. The molecule has 2 heterocycles. The Labute approximate surface area is 226 Å². The minimum absolute atomic E-state index is 0.107. The van der Waals surface area contributed by atoms with Crippen molar-refractivity contribution in [2.75, 3.05) is 20.3 Å². The van der Waals surface area contributed by atoms with Crippen LogP contribution in [0.1, 0.15) is 37.9 Å². The predicted molar refractivity (Wildman–Crippen MR) is 147 cm³/mol. The first-order valence-corrected chi connectivity index (χ1v) is 12.7. The largest absolute Gasteiger partial charge is 0.490 e. The lowest BCUT2D eigenvalue weighted by Gasteiger charge is -2.28. The van der Waals surface area contributed by atoms with E-state index in [0.29, 0.717) is 29.4 Å². The number of carbonyl (C=O) groups is 2. The molecule has 2 aromatic carbocycles. The molecule has 1 aliphatic rings. The molecule has 1 aromatic heterocycles. The fourth-order valence-corrected chi connectivity index (χ4v) is 4.45. The number of methoxy groups -OCH3 is 1. The van der Waals surface area contributed by atoms with E-state index in [1.807, 2.05) is 31.3 Å². The number of aliphatic hydroxyl groups is 1. The van der Waals surface area contributed by atoms with Crippen LogP contribution in [0.15, 0.2) is 65.0 Å². The minimum atomic E-state index is -1.09. The van der Waals surface area contributed by atoms with E-state index < -0.39 is 24.3 Å². The van der Waals surface area contributed by atoms with Crippen LogP contribution in [0.4, 0.5) is 4.79 Å². The summed E-state index contributed by atoms with van der Waals surface area (Å²) in [5.74, 6) is 0.224. The Kier molecular flexibility index (Phi) is 8.72. The van der Waals surface area contributed by atoms with Gasteiger partial charge in [0.05, 0.1) is 31.5 Å². The lowest BCUT2D eigenvalue weighted by molar-refractivity contribution is -0.136. The molecule has 2 amide bonds. The smallest absolute Gasteiger partial charge is 0.337 e. The van der Waals surface area contributed by atoms with Crippen LogP contribution in [-0.2, 0) is 16.1 Å². The zero-order chi connectivity index (χ0) is 27.9. The van der Waals surface area contributed by atoms with Crippen molar-refractivity contribution in [3.63, 3.8) is 0 Å². The molecule has 2 atom stereocenters. The summed E-state index contributed by atoms with van der Waals surface area (Å²) in [6.45, 7) is 6.62. The summed E-state index contributed by atoms with van der Waals surface area (Å²) in [5.41, 5.74) is 6.03. The second kappa shape index (κ2) is 12.4. The summed E-state index contributed by atoms with van der Waals surface area (Å²) in [6, 6.07) is 12.0. The predicted octanol–water partition coefficient (Wildman–Crippen LogP) is 3.18. The van der Waals surface area contributed by atoms with Gasteiger partial charge in [-0.2, -0.15) is 5.10 Å². The first-order valence-electron chi connectivity index (χ1n) is 12.7. The van der Waals surface area contributed by atoms with Crippen LogP contribution in [0.25, 0.3) is 10.9 Å². The summed E-state index contributed by atoms with van der Waals surface area (Å²) in [6.07, 6.45) is 2.59. The summed E-state index contributed by atoms with van der Waals surface area (Å²) >= 11 is 0. The number of ether oxygens (including phenoxy) is 3. The summed E-state index contributed by atoms with van der Waals surface area (Å²) < 4.78 is 18.6. The van der Waals surface area contributed by atoms with Gasteiger partial charge < -0.3 is 34.5 Å². The Morgan fingerprint density at radius 3 is 2.74 bits per heavy atom. The lowest BCUT2D eigenvalue weighted by Crippen LogP contribution is -2.45. The minimum Gasteiger partial charge on any atom is -0.490 e.